The van der Waals surface area contributed by atoms with E-state index in [0.717, 1.165) is 0 Å². The van der Waals surface area contributed by atoms with Gasteiger partial charge in [0, 0.05) is 0 Å². The van der Waals surface area contributed by atoms with E-state index in [2.05, 4.69) is 0 Å². The Labute approximate surface area is 109 Å². The average Bonchev–Trinajstić information content (AvgIpc) is 2.09. The summed E-state index contributed by atoms with van der Waals surface area (Å²) in [5.74, 6) is -10.8. The largest absolute Gasteiger partial charge is 0.479 e. The van der Waals surface area contributed by atoms with Crippen LogP contribution in [0.5, 0.6) is 0 Å². The van der Waals surface area contributed by atoms with Crippen molar-refractivity contribution in [2.24, 2.45) is 5.92 Å². The van der Waals surface area contributed by atoms with E-state index in [9.17, 15) is 49.1 Å². The van der Waals surface area contributed by atoms with E-state index in [1.165, 1.54) is 0 Å². The first-order chi connectivity index (χ1) is 8.94. The molecule has 0 aliphatic rings. The predicted octanol–water partition coefficient (Wildman–Crippen LogP) is 2.25. The highest BCUT2D eigenvalue weighted by atomic mass is 19.4. The van der Waals surface area contributed by atoms with Crippen LogP contribution in [0.1, 0.15) is 6.92 Å². The number of carbonyl (C=O) groups excluding carboxylic acids is 1. The number of hydrogen-bond acceptors (Lipinski definition) is 2. The molecular formula is C8H6F9NO3. The molecule has 0 radical (unpaired) electrons. The highest BCUT2D eigenvalue weighted by Crippen LogP contribution is 2.40. The zero-order valence-corrected chi connectivity index (χ0v) is 9.74. The molecule has 0 aliphatic carbocycles. The Morgan fingerprint density at radius 2 is 1.24 bits per heavy atom. The number of alkyl halides is 9. The molecule has 0 bridgehead atoms. The van der Waals surface area contributed by atoms with Gasteiger partial charge >= 0.3 is 24.5 Å². The van der Waals surface area contributed by atoms with Gasteiger partial charge in [-0.15, -0.1) is 0 Å². The van der Waals surface area contributed by atoms with Gasteiger partial charge in [-0.05, 0) is 6.92 Å². The van der Waals surface area contributed by atoms with Gasteiger partial charge in [-0.3, -0.25) is 4.79 Å². The lowest BCUT2D eigenvalue weighted by Gasteiger charge is -2.31. The molecule has 1 amide bonds. The van der Waals surface area contributed by atoms with Crippen molar-refractivity contribution >= 4 is 11.9 Å². The Balaban J connectivity index is 5.66. The average molecular weight is 335 g/mol. The second-order valence-corrected chi connectivity index (χ2v) is 3.93. The van der Waals surface area contributed by atoms with Crippen LogP contribution in [0.3, 0.4) is 0 Å². The molecule has 13 heteroatoms. The molecule has 1 atom stereocenters. The first-order valence-electron chi connectivity index (χ1n) is 4.70. The van der Waals surface area contributed by atoms with Crippen LogP contribution in [0.4, 0.5) is 39.5 Å². The van der Waals surface area contributed by atoms with Gasteiger partial charge in [-0.25, -0.2) is 4.79 Å². The summed E-state index contributed by atoms with van der Waals surface area (Å²) in [6, 6.07) is 0. The number of carboxylic acids is 1. The van der Waals surface area contributed by atoms with E-state index >= 15 is 0 Å². The molecule has 4 nitrogen and oxygen atoms in total. The zero-order valence-electron chi connectivity index (χ0n) is 9.74. The molecule has 0 aromatic heterocycles. The van der Waals surface area contributed by atoms with Crippen LogP contribution in [0, 0.1) is 5.92 Å². The number of aliphatic carboxylic acids is 1. The molecule has 0 aromatic carbocycles. The van der Waals surface area contributed by atoms with Crippen molar-refractivity contribution in [1.29, 1.82) is 0 Å². The van der Waals surface area contributed by atoms with Gasteiger partial charge in [0.25, 0.3) is 0 Å². The summed E-state index contributed by atoms with van der Waals surface area (Å²) in [5, 5.41) is 8.55. The van der Waals surface area contributed by atoms with Gasteiger partial charge in [0.1, 0.15) is 0 Å². The van der Waals surface area contributed by atoms with E-state index < -0.39 is 41.9 Å². The maximum absolute atomic E-state index is 12.4. The highest BCUT2D eigenvalue weighted by molar-refractivity contribution is 5.89. The number of carbonyl (C=O) groups is 2. The van der Waals surface area contributed by atoms with E-state index in [1.807, 2.05) is 0 Å². The van der Waals surface area contributed by atoms with Crippen LogP contribution >= 0.6 is 0 Å². The topological polar surface area (TPSA) is 66.4 Å². The summed E-state index contributed by atoms with van der Waals surface area (Å²) in [7, 11) is 0. The molecule has 0 saturated heterocycles. The number of carboxylic acid groups (broad SMARTS) is 1. The molecule has 0 aromatic rings. The number of amides is 1. The Hall–Kier alpha value is -1.69. The molecular weight excluding hydrogens is 329 g/mol. The Morgan fingerprint density at radius 3 is 1.43 bits per heavy atom. The monoisotopic (exact) mass is 335 g/mol. The number of rotatable bonds is 3. The van der Waals surface area contributed by atoms with Gasteiger partial charge < -0.3 is 10.4 Å². The molecule has 0 saturated carbocycles. The molecule has 0 fully saturated rings. The fourth-order valence-corrected chi connectivity index (χ4v) is 1.05. The second-order valence-electron chi connectivity index (χ2n) is 3.93. The minimum Gasteiger partial charge on any atom is -0.479 e. The van der Waals surface area contributed by atoms with Crippen molar-refractivity contribution in [3.05, 3.63) is 0 Å². The molecule has 124 valence electrons. The van der Waals surface area contributed by atoms with Crippen molar-refractivity contribution in [3.63, 3.8) is 0 Å². The van der Waals surface area contributed by atoms with Crippen molar-refractivity contribution in [2.45, 2.75) is 31.0 Å². The van der Waals surface area contributed by atoms with Crippen molar-refractivity contribution in [3.8, 4) is 0 Å². The van der Waals surface area contributed by atoms with Gasteiger partial charge in [0.15, 0.2) is 0 Å². The fourth-order valence-electron chi connectivity index (χ4n) is 1.05. The molecule has 0 spiro atoms. The molecule has 2 N–H and O–H groups in total. The maximum atomic E-state index is 12.4. The Bertz CT molecular complexity index is 410. The number of halogens is 9. The molecule has 0 heterocycles. The van der Waals surface area contributed by atoms with Gasteiger partial charge in [0.2, 0.25) is 17.4 Å². The van der Waals surface area contributed by atoms with Crippen molar-refractivity contribution in [1.82, 2.24) is 5.32 Å². The van der Waals surface area contributed by atoms with Crippen LogP contribution in [-0.2, 0) is 9.59 Å². The van der Waals surface area contributed by atoms with Crippen molar-refractivity contribution < 1.29 is 54.2 Å². The van der Waals surface area contributed by atoms with Crippen LogP contribution in [0.2, 0.25) is 0 Å². The summed E-state index contributed by atoms with van der Waals surface area (Å²) in [5.41, 5.74) is -4.31. The first-order valence-corrected chi connectivity index (χ1v) is 4.70. The van der Waals surface area contributed by atoms with Gasteiger partial charge in [0.05, 0.1) is 0 Å². The second kappa shape index (κ2) is 5.26. The zero-order chi connectivity index (χ0) is 17.4. The van der Waals surface area contributed by atoms with Crippen LogP contribution in [-0.4, -0.2) is 41.1 Å². The molecule has 0 rings (SSSR count). The van der Waals surface area contributed by atoms with E-state index in [4.69, 9.17) is 5.11 Å². The Kier molecular flexibility index (Phi) is 4.83. The van der Waals surface area contributed by atoms with E-state index in [1.54, 1.807) is 0 Å². The molecule has 1 unspecified atom stereocenters. The molecule has 0 aliphatic heterocycles. The highest BCUT2D eigenvalue weighted by Gasteiger charge is 2.65. The summed E-state index contributed by atoms with van der Waals surface area (Å²) in [6.45, 7) is -0.281. The molecule has 21 heavy (non-hydrogen) atoms. The third-order valence-electron chi connectivity index (χ3n) is 2.28. The Morgan fingerprint density at radius 1 is 0.905 bits per heavy atom. The van der Waals surface area contributed by atoms with Gasteiger partial charge in [-0.1, -0.05) is 0 Å². The van der Waals surface area contributed by atoms with Crippen LogP contribution in [0.15, 0.2) is 0 Å². The van der Waals surface area contributed by atoms with Crippen LogP contribution < -0.4 is 5.32 Å². The first kappa shape index (κ1) is 19.3. The number of nitrogens with one attached hydrogen (secondary N) is 1. The van der Waals surface area contributed by atoms with E-state index in [0.29, 0.717) is 0 Å². The fraction of sp³-hybridized carbons (Fsp3) is 0.750. The minimum atomic E-state index is -6.24. The maximum Gasteiger partial charge on any atom is 0.422 e. The predicted molar refractivity (Wildman–Crippen MR) is 45.8 cm³/mol. The quantitative estimate of drug-likeness (QED) is 0.778. The standard InChI is InChI=1S/C8H6F9NO3/c1-5(4(20)21,8(15,16)17)18-3(19)2(6(9,10)11)7(12,13)14/h2H,1H3,(H,18,19)(H,20,21). The van der Waals surface area contributed by atoms with Crippen molar-refractivity contribution in [2.75, 3.05) is 0 Å². The summed E-state index contributed by atoms with van der Waals surface area (Å²) < 4.78 is 110. The van der Waals surface area contributed by atoms with Crippen LogP contribution in [0.25, 0.3) is 0 Å². The summed E-state index contributed by atoms with van der Waals surface area (Å²) in [4.78, 5) is 21.3. The van der Waals surface area contributed by atoms with Gasteiger partial charge in [-0.2, -0.15) is 39.5 Å². The lowest BCUT2D eigenvalue weighted by Crippen LogP contribution is -2.64. The summed E-state index contributed by atoms with van der Waals surface area (Å²) in [6.07, 6.45) is -18.3. The van der Waals surface area contributed by atoms with E-state index in [-0.39, 0.29) is 12.2 Å². The minimum absolute atomic E-state index is 0.242. The third-order valence-corrected chi connectivity index (χ3v) is 2.28. The third kappa shape index (κ3) is 4.14. The normalized spacial score (nSPS) is 16.5. The number of hydrogen-bond donors (Lipinski definition) is 2. The summed E-state index contributed by atoms with van der Waals surface area (Å²) >= 11 is 0. The lowest BCUT2D eigenvalue weighted by molar-refractivity contribution is -0.277. The SMILES string of the molecule is CC(NC(=O)C(C(F)(F)F)C(F)(F)F)(C(=O)O)C(F)(F)F. The lowest BCUT2D eigenvalue weighted by atomic mass is 9.99. The smallest absolute Gasteiger partial charge is 0.422 e.